The summed E-state index contributed by atoms with van der Waals surface area (Å²) in [6.07, 6.45) is 6.31. The van der Waals surface area contributed by atoms with Crippen LogP contribution in [0.4, 0.5) is 0 Å². The zero-order chi connectivity index (χ0) is 15.1. The first-order chi connectivity index (χ1) is 10.7. The van der Waals surface area contributed by atoms with Crippen molar-refractivity contribution in [2.45, 2.75) is 62.9 Å². The third-order valence-electron chi connectivity index (χ3n) is 5.25. The maximum atomic E-state index is 11.9. The second-order valence-corrected chi connectivity index (χ2v) is 6.84. The Bertz CT molecular complexity index is 426. The van der Waals surface area contributed by atoms with Crippen LogP contribution in [0.15, 0.2) is 0 Å². The van der Waals surface area contributed by atoms with Crippen molar-refractivity contribution >= 4 is 11.9 Å². The van der Waals surface area contributed by atoms with Crippen LogP contribution in [0.25, 0.3) is 0 Å². The van der Waals surface area contributed by atoms with Crippen molar-refractivity contribution in [3.8, 4) is 0 Å². The average molecular weight is 310 g/mol. The van der Waals surface area contributed by atoms with E-state index in [1.807, 2.05) is 0 Å². The summed E-state index contributed by atoms with van der Waals surface area (Å²) in [6.45, 7) is 0.290. The van der Waals surface area contributed by atoms with Crippen LogP contribution in [-0.2, 0) is 28.5 Å². The summed E-state index contributed by atoms with van der Waals surface area (Å²) in [5, 5.41) is 0. The SMILES string of the molecule is O=C(OCCOC(=O)C1CCC2OC2C1)C1CC2CC(C1)O2. The van der Waals surface area contributed by atoms with E-state index >= 15 is 0 Å². The Hall–Kier alpha value is -1.14. The highest BCUT2D eigenvalue weighted by atomic mass is 16.6. The Balaban J connectivity index is 1.12. The molecule has 3 heterocycles. The summed E-state index contributed by atoms with van der Waals surface area (Å²) < 4.78 is 21.4. The molecule has 2 saturated carbocycles. The molecule has 5 rings (SSSR count). The van der Waals surface area contributed by atoms with Crippen LogP contribution in [0.3, 0.4) is 0 Å². The van der Waals surface area contributed by atoms with E-state index in [4.69, 9.17) is 18.9 Å². The monoisotopic (exact) mass is 310 g/mol. The van der Waals surface area contributed by atoms with E-state index in [2.05, 4.69) is 0 Å². The van der Waals surface area contributed by atoms with Crippen molar-refractivity contribution in [3.63, 3.8) is 0 Å². The minimum Gasteiger partial charge on any atom is -0.462 e. The molecule has 5 fully saturated rings. The number of hydrogen-bond donors (Lipinski definition) is 0. The molecule has 0 radical (unpaired) electrons. The van der Waals surface area contributed by atoms with Crippen molar-refractivity contribution in [2.24, 2.45) is 11.8 Å². The van der Waals surface area contributed by atoms with E-state index in [1.54, 1.807) is 0 Å². The first-order valence-electron chi connectivity index (χ1n) is 8.33. The molecule has 6 heteroatoms. The Morgan fingerprint density at radius 3 is 2.05 bits per heavy atom. The van der Waals surface area contributed by atoms with Gasteiger partial charge in [0.2, 0.25) is 0 Å². The Morgan fingerprint density at radius 1 is 0.773 bits per heavy atom. The highest BCUT2D eigenvalue weighted by Crippen LogP contribution is 2.40. The maximum Gasteiger partial charge on any atom is 0.309 e. The van der Waals surface area contributed by atoms with E-state index in [0.29, 0.717) is 6.10 Å². The number of rotatable bonds is 5. The quantitative estimate of drug-likeness (QED) is 0.432. The van der Waals surface area contributed by atoms with Gasteiger partial charge >= 0.3 is 11.9 Å². The fourth-order valence-electron chi connectivity index (χ4n) is 3.92. The summed E-state index contributed by atoms with van der Waals surface area (Å²) in [5.41, 5.74) is 0. The van der Waals surface area contributed by atoms with Crippen LogP contribution >= 0.6 is 0 Å². The second kappa shape index (κ2) is 5.81. The predicted octanol–water partition coefficient (Wildman–Crippen LogP) is 1.21. The third-order valence-corrected chi connectivity index (χ3v) is 5.25. The van der Waals surface area contributed by atoms with Gasteiger partial charge in [0.25, 0.3) is 0 Å². The zero-order valence-corrected chi connectivity index (χ0v) is 12.6. The molecule has 5 unspecified atom stereocenters. The highest BCUT2D eigenvalue weighted by Gasteiger charge is 2.46. The average Bonchev–Trinajstić information content (AvgIpc) is 3.29. The van der Waals surface area contributed by atoms with Crippen LogP contribution in [0.2, 0.25) is 0 Å². The third kappa shape index (κ3) is 2.99. The normalized spacial score (nSPS) is 41.8. The van der Waals surface area contributed by atoms with Crippen LogP contribution in [0.5, 0.6) is 0 Å². The molecule has 0 spiro atoms. The van der Waals surface area contributed by atoms with Gasteiger partial charge in [0, 0.05) is 0 Å². The summed E-state index contributed by atoms with van der Waals surface area (Å²) in [6, 6.07) is 0. The van der Waals surface area contributed by atoms with E-state index in [1.165, 1.54) is 0 Å². The number of esters is 2. The van der Waals surface area contributed by atoms with Gasteiger partial charge in [-0.15, -0.1) is 0 Å². The smallest absolute Gasteiger partial charge is 0.309 e. The number of carbonyl (C=O) groups excluding carboxylic acids is 2. The Labute approximate surface area is 129 Å². The summed E-state index contributed by atoms with van der Waals surface area (Å²) >= 11 is 0. The molecule has 5 atom stereocenters. The van der Waals surface area contributed by atoms with Crippen LogP contribution in [0.1, 0.15) is 38.5 Å². The largest absolute Gasteiger partial charge is 0.462 e. The van der Waals surface area contributed by atoms with Crippen molar-refractivity contribution in [1.29, 1.82) is 0 Å². The standard InChI is InChI=1S/C16H22O6/c17-15(9-1-2-13-14(7-9)22-13)19-3-4-20-16(18)10-5-11-8-12(6-10)21-11/h9-14H,1-8H2. The topological polar surface area (TPSA) is 74.4 Å². The maximum absolute atomic E-state index is 11.9. The molecule has 0 amide bonds. The molecule has 0 aromatic rings. The predicted molar refractivity (Wildman–Crippen MR) is 73.9 cm³/mol. The lowest BCUT2D eigenvalue weighted by Gasteiger charge is -2.44. The molecule has 0 aromatic heterocycles. The minimum absolute atomic E-state index is 0.0458. The molecule has 6 nitrogen and oxygen atoms in total. The lowest BCUT2D eigenvalue weighted by Crippen LogP contribution is -2.47. The molecule has 0 N–H and O–H groups in total. The van der Waals surface area contributed by atoms with Crippen LogP contribution < -0.4 is 0 Å². The molecule has 3 saturated heterocycles. The fourth-order valence-corrected chi connectivity index (χ4v) is 3.92. The first kappa shape index (κ1) is 14.5. The molecule has 2 bridgehead atoms. The van der Waals surface area contributed by atoms with Gasteiger partial charge in [0.15, 0.2) is 0 Å². The van der Waals surface area contributed by atoms with Gasteiger partial charge in [0.1, 0.15) is 13.2 Å². The van der Waals surface area contributed by atoms with E-state index < -0.39 is 0 Å². The minimum atomic E-state index is -0.183. The molecule has 22 heavy (non-hydrogen) atoms. The number of epoxide rings is 1. The summed E-state index contributed by atoms with van der Waals surface area (Å²) in [5.74, 6) is -0.462. The van der Waals surface area contributed by atoms with E-state index in [0.717, 1.165) is 38.5 Å². The first-order valence-corrected chi connectivity index (χ1v) is 8.33. The molecular formula is C16H22O6. The molecule has 122 valence electrons. The second-order valence-electron chi connectivity index (χ2n) is 6.84. The number of hydrogen-bond acceptors (Lipinski definition) is 6. The van der Waals surface area contributed by atoms with Gasteiger partial charge < -0.3 is 18.9 Å². The van der Waals surface area contributed by atoms with Crippen molar-refractivity contribution in [1.82, 2.24) is 0 Å². The van der Waals surface area contributed by atoms with Crippen molar-refractivity contribution in [2.75, 3.05) is 13.2 Å². The molecule has 0 aromatic carbocycles. The van der Waals surface area contributed by atoms with Gasteiger partial charge in [-0.05, 0) is 38.5 Å². The van der Waals surface area contributed by atoms with Crippen molar-refractivity contribution < 1.29 is 28.5 Å². The van der Waals surface area contributed by atoms with Gasteiger partial charge in [-0.2, -0.15) is 0 Å². The van der Waals surface area contributed by atoms with Gasteiger partial charge in [-0.25, -0.2) is 0 Å². The lowest BCUT2D eigenvalue weighted by molar-refractivity contribution is -0.189. The van der Waals surface area contributed by atoms with Gasteiger partial charge in [-0.1, -0.05) is 0 Å². The van der Waals surface area contributed by atoms with Gasteiger partial charge in [0.05, 0.1) is 36.3 Å². The van der Waals surface area contributed by atoms with E-state index in [-0.39, 0.29) is 55.3 Å². The molecule has 5 aliphatic rings. The van der Waals surface area contributed by atoms with Crippen LogP contribution in [0, 0.1) is 11.8 Å². The van der Waals surface area contributed by atoms with Gasteiger partial charge in [-0.3, -0.25) is 9.59 Å². The van der Waals surface area contributed by atoms with Crippen molar-refractivity contribution in [3.05, 3.63) is 0 Å². The van der Waals surface area contributed by atoms with Crippen LogP contribution in [-0.4, -0.2) is 49.6 Å². The zero-order valence-electron chi connectivity index (χ0n) is 12.6. The Morgan fingerprint density at radius 2 is 1.41 bits per heavy atom. The fraction of sp³-hybridized carbons (Fsp3) is 0.875. The summed E-state index contributed by atoms with van der Waals surface area (Å²) in [4.78, 5) is 23.8. The number of ether oxygens (including phenoxy) is 4. The van der Waals surface area contributed by atoms with E-state index in [9.17, 15) is 9.59 Å². The molecule has 3 aliphatic heterocycles. The molecule has 2 aliphatic carbocycles. The number of carbonyl (C=O) groups is 2. The lowest BCUT2D eigenvalue weighted by atomic mass is 9.81. The number of fused-ring (bicyclic) bond motifs is 3. The summed E-state index contributed by atoms with van der Waals surface area (Å²) in [7, 11) is 0. The molecular weight excluding hydrogens is 288 g/mol. The Kier molecular flexibility index (Phi) is 3.82. The highest BCUT2D eigenvalue weighted by molar-refractivity contribution is 5.73.